The lowest BCUT2D eigenvalue weighted by molar-refractivity contribution is -0.143. The number of carbonyl (C=O) groups excluding carboxylic acids is 4. The van der Waals surface area contributed by atoms with Gasteiger partial charge in [0.25, 0.3) is 5.60 Å². The van der Waals surface area contributed by atoms with Gasteiger partial charge in [0.15, 0.2) is 0 Å². The molecule has 1 aromatic carbocycles. The first-order chi connectivity index (χ1) is 11.5. The van der Waals surface area contributed by atoms with Gasteiger partial charge >= 0.3 is 5.97 Å². The molecule has 0 bridgehead atoms. The summed E-state index contributed by atoms with van der Waals surface area (Å²) in [5.41, 5.74) is -2.92. The zero-order valence-electron chi connectivity index (χ0n) is 11.9. The molecule has 0 saturated heterocycles. The first kappa shape index (κ1) is 14.5. The fraction of sp³-hybridized carbons (Fsp3) is 0.0588. The molecule has 2 aliphatic rings. The summed E-state index contributed by atoms with van der Waals surface area (Å²) >= 11 is 1.07. The van der Waals surface area contributed by atoms with Gasteiger partial charge in [-0.2, -0.15) is 0 Å². The van der Waals surface area contributed by atoms with Crippen LogP contribution in [-0.2, 0) is 9.53 Å². The third-order valence-electron chi connectivity index (χ3n) is 4.06. The van der Waals surface area contributed by atoms with Crippen LogP contribution in [0.5, 0.6) is 0 Å². The molecule has 1 aromatic heterocycles. The Kier molecular flexibility index (Phi) is 2.86. The molecule has 1 aliphatic heterocycles. The Hall–Kier alpha value is -3.06. The summed E-state index contributed by atoms with van der Waals surface area (Å²) in [6.45, 7) is 0. The van der Waals surface area contributed by atoms with Crippen molar-refractivity contribution in [1.82, 2.24) is 0 Å². The number of thiophene rings is 1. The third kappa shape index (κ3) is 1.59. The molecule has 24 heavy (non-hydrogen) atoms. The van der Waals surface area contributed by atoms with Crippen molar-refractivity contribution in [2.24, 2.45) is 0 Å². The summed E-state index contributed by atoms with van der Waals surface area (Å²) in [7, 11) is 0. The van der Waals surface area contributed by atoms with Crippen molar-refractivity contribution in [3.63, 3.8) is 0 Å². The molecule has 6 nitrogen and oxygen atoms in total. The van der Waals surface area contributed by atoms with Gasteiger partial charge in [-0.3, -0.25) is 14.4 Å². The molecule has 0 amide bonds. The molecule has 1 spiro atoms. The molecular weight excluding hydrogens is 332 g/mol. The number of ketones is 3. The van der Waals surface area contributed by atoms with E-state index >= 15 is 0 Å². The molecule has 0 radical (unpaired) electrons. The van der Waals surface area contributed by atoms with Crippen LogP contribution in [0.15, 0.2) is 53.1 Å². The van der Waals surface area contributed by atoms with Crippen molar-refractivity contribution in [3.05, 3.63) is 69.1 Å². The van der Waals surface area contributed by atoms with Crippen LogP contribution in [-0.4, -0.2) is 34.0 Å². The van der Waals surface area contributed by atoms with Crippen molar-refractivity contribution < 1.29 is 29.0 Å². The summed E-state index contributed by atoms with van der Waals surface area (Å²) in [6, 6.07) is 9.03. The van der Waals surface area contributed by atoms with Crippen LogP contribution in [0.2, 0.25) is 0 Å². The number of aliphatic hydroxyl groups excluding tert-OH is 1. The van der Waals surface area contributed by atoms with E-state index in [1.165, 1.54) is 18.2 Å². The second kappa shape index (κ2) is 4.72. The van der Waals surface area contributed by atoms with Crippen molar-refractivity contribution >= 4 is 34.7 Å². The smallest absolute Gasteiger partial charge is 0.375 e. The Labute approximate surface area is 139 Å². The average molecular weight is 340 g/mol. The number of fused-ring (bicyclic) bond motifs is 1. The Morgan fingerprint density at radius 3 is 2.17 bits per heavy atom. The third-order valence-corrected chi connectivity index (χ3v) is 4.92. The van der Waals surface area contributed by atoms with E-state index in [9.17, 15) is 24.3 Å². The van der Waals surface area contributed by atoms with Gasteiger partial charge in [-0.1, -0.05) is 30.3 Å². The van der Waals surface area contributed by atoms with Crippen LogP contribution in [0.4, 0.5) is 0 Å². The van der Waals surface area contributed by atoms with Gasteiger partial charge < -0.3 is 9.84 Å². The van der Waals surface area contributed by atoms with Crippen LogP contribution in [0, 0.1) is 0 Å². The number of Topliss-reactive ketones (excluding diaryl/α,β-unsaturated/α-hetero) is 3. The summed E-state index contributed by atoms with van der Waals surface area (Å²) in [5, 5.41) is 11.7. The number of rotatable bonds is 2. The second-order valence-corrected chi connectivity index (χ2v) is 6.25. The SMILES string of the molecule is O=C1OC2(C(=O)c3ccccc3C2=O)C(C(=O)c2cccs2)=C1O. The molecule has 1 aliphatic carbocycles. The molecule has 0 atom stereocenters. The molecular formula is C17H8O6S. The second-order valence-electron chi connectivity index (χ2n) is 5.30. The van der Waals surface area contributed by atoms with Crippen molar-refractivity contribution in [3.8, 4) is 0 Å². The molecule has 2 aromatic rings. The first-order valence-corrected chi connectivity index (χ1v) is 7.80. The number of aliphatic hydroxyl groups is 1. The fourth-order valence-electron chi connectivity index (χ4n) is 2.99. The van der Waals surface area contributed by atoms with Crippen molar-refractivity contribution in [2.45, 2.75) is 5.60 Å². The van der Waals surface area contributed by atoms with E-state index in [0.717, 1.165) is 11.3 Å². The lowest BCUT2D eigenvalue weighted by Gasteiger charge is -2.20. The molecule has 0 fully saturated rings. The summed E-state index contributed by atoms with van der Waals surface area (Å²) in [5.74, 6) is -4.67. The van der Waals surface area contributed by atoms with Crippen LogP contribution in [0.1, 0.15) is 30.4 Å². The Bertz CT molecular complexity index is 932. The van der Waals surface area contributed by atoms with Crippen LogP contribution < -0.4 is 0 Å². The normalized spacial score (nSPS) is 18.2. The molecule has 0 saturated carbocycles. The van der Waals surface area contributed by atoms with E-state index in [1.54, 1.807) is 23.6 Å². The number of ether oxygens (including phenoxy) is 1. The zero-order valence-corrected chi connectivity index (χ0v) is 12.8. The van der Waals surface area contributed by atoms with Gasteiger partial charge in [0, 0.05) is 11.1 Å². The van der Waals surface area contributed by atoms with Gasteiger partial charge in [-0.25, -0.2) is 4.79 Å². The summed E-state index contributed by atoms with van der Waals surface area (Å²) < 4.78 is 4.98. The monoisotopic (exact) mass is 340 g/mol. The van der Waals surface area contributed by atoms with E-state index in [4.69, 9.17) is 4.74 Å². The van der Waals surface area contributed by atoms with Crippen molar-refractivity contribution in [2.75, 3.05) is 0 Å². The number of esters is 1. The minimum Gasteiger partial charge on any atom is -0.501 e. The van der Waals surface area contributed by atoms with E-state index in [2.05, 4.69) is 0 Å². The summed E-state index contributed by atoms with van der Waals surface area (Å²) in [4.78, 5) is 50.4. The van der Waals surface area contributed by atoms with Gasteiger partial charge in [-0.15, -0.1) is 11.3 Å². The quantitative estimate of drug-likeness (QED) is 0.511. The lowest BCUT2D eigenvalue weighted by atomic mass is 9.85. The van der Waals surface area contributed by atoms with Gasteiger partial charge in [0.05, 0.1) is 4.88 Å². The molecule has 0 unspecified atom stereocenters. The van der Waals surface area contributed by atoms with E-state index < -0.39 is 40.3 Å². The average Bonchev–Trinajstić information content (AvgIpc) is 3.25. The van der Waals surface area contributed by atoms with E-state index in [1.807, 2.05) is 0 Å². The maximum atomic E-state index is 12.8. The highest BCUT2D eigenvalue weighted by Gasteiger charge is 2.66. The number of carbonyl (C=O) groups is 4. The topological polar surface area (TPSA) is 97.7 Å². The number of benzene rings is 1. The molecule has 1 N–H and O–H groups in total. The Morgan fingerprint density at radius 1 is 1.00 bits per heavy atom. The maximum Gasteiger partial charge on any atom is 0.375 e. The van der Waals surface area contributed by atoms with E-state index in [0.29, 0.717) is 0 Å². The summed E-state index contributed by atoms with van der Waals surface area (Å²) in [6.07, 6.45) is 0. The standard InChI is InChI=1S/C17H8O6S/c18-12(10-6-3-7-24-10)11-13(19)16(22)23-17(11)14(20)8-4-1-2-5-9(8)15(17)21/h1-7,19H. The molecule has 4 rings (SSSR count). The number of hydrogen-bond donors (Lipinski definition) is 1. The maximum absolute atomic E-state index is 12.8. The molecule has 7 heteroatoms. The van der Waals surface area contributed by atoms with Crippen LogP contribution in [0.3, 0.4) is 0 Å². The predicted octanol–water partition coefficient (Wildman–Crippen LogP) is 2.12. The van der Waals surface area contributed by atoms with Crippen LogP contribution >= 0.6 is 11.3 Å². The largest absolute Gasteiger partial charge is 0.501 e. The minimum absolute atomic E-state index is 0.0569. The minimum atomic E-state index is -2.42. The predicted molar refractivity (Wildman–Crippen MR) is 82.2 cm³/mol. The fourth-order valence-corrected chi connectivity index (χ4v) is 3.66. The van der Waals surface area contributed by atoms with Crippen molar-refractivity contribution in [1.29, 1.82) is 0 Å². The highest BCUT2D eigenvalue weighted by molar-refractivity contribution is 7.12. The molecule has 118 valence electrons. The highest BCUT2D eigenvalue weighted by atomic mass is 32.1. The first-order valence-electron chi connectivity index (χ1n) is 6.92. The van der Waals surface area contributed by atoms with Crippen LogP contribution in [0.25, 0.3) is 0 Å². The van der Waals surface area contributed by atoms with Gasteiger partial charge in [-0.05, 0) is 11.4 Å². The molecule has 2 heterocycles. The van der Waals surface area contributed by atoms with Gasteiger partial charge in [0.1, 0.15) is 5.57 Å². The van der Waals surface area contributed by atoms with Gasteiger partial charge in [0.2, 0.25) is 23.1 Å². The zero-order chi connectivity index (χ0) is 17.1. The van der Waals surface area contributed by atoms with E-state index in [-0.39, 0.29) is 16.0 Å². The highest BCUT2D eigenvalue weighted by Crippen LogP contribution is 2.44. The Morgan fingerprint density at radius 2 is 1.62 bits per heavy atom. The Balaban J connectivity index is 1.96. The number of hydrogen-bond acceptors (Lipinski definition) is 7. The lowest BCUT2D eigenvalue weighted by Crippen LogP contribution is -2.46.